The fourth-order valence-electron chi connectivity index (χ4n) is 1.14. The van der Waals surface area contributed by atoms with E-state index in [0.717, 1.165) is 11.1 Å². The van der Waals surface area contributed by atoms with Crippen LogP contribution in [0.2, 0.25) is 10.0 Å². The highest BCUT2D eigenvalue weighted by Crippen LogP contribution is 2.22. The zero-order valence-electron chi connectivity index (χ0n) is 7.11. The predicted octanol–water partition coefficient (Wildman–Crippen LogP) is 3.45. The van der Waals surface area contributed by atoms with E-state index >= 15 is 0 Å². The van der Waals surface area contributed by atoms with Crippen molar-refractivity contribution in [3.05, 3.63) is 47.0 Å². The van der Waals surface area contributed by atoms with E-state index in [0.29, 0.717) is 10.0 Å². The van der Waals surface area contributed by atoms with Gasteiger partial charge in [-0.15, -0.1) is 0 Å². The lowest BCUT2D eigenvalue weighted by atomic mass is 10.1. The quantitative estimate of drug-likeness (QED) is 0.742. The van der Waals surface area contributed by atoms with E-state index in [1.54, 1.807) is 24.8 Å². The lowest BCUT2D eigenvalue weighted by Gasteiger charge is -2.00. The molecule has 0 fully saturated rings. The highest BCUT2D eigenvalue weighted by Gasteiger charge is 1.99. The predicted molar refractivity (Wildman–Crippen MR) is 57.5 cm³/mol. The van der Waals surface area contributed by atoms with Gasteiger partial charge in [0.25, 0.3) is 0 Å². The molecule has 0 amide bonds. The molecule has 2 nitrogen and oxygen atoms in total. The van der Waals surface area contributed by atoms with Crippen molar-refractivity contribution in [2.24, 2.45) is 0 Å². The molecule has 0 aliphatic rings. The minimum atomic E-state index is 0.600. The number of nitrogens with zero attached hydrogens (tertiary/aromatic N) is 2. The number of pyridine rings is 2. The summed E-state index contributed by atoms with van der Waals surface area (Å²) in [6.45, 7) is 0. The van der Waals surface area contributed by atoms with Crippen molar-refractivity contribution in [1.29, 1.82) is 0 Å². The van der Waals surface area contributed by atoms with Crippen molar-refractivity contribution in [3.8, 4) is 11.1 Å². The van der Waals surface area contributed by atoms with Crippen LogP contribution in [0.3, 0.4) is 0 Å². The first-order valence-electron chi connectivity index (χ1n) is 3.97. The summed E-state index contributed by atoms with van der Waals surface area (Å²) < 4.78 is 0. The molecule has 70 valence electrons. The van der Waals surface area contributed by atoms with Crippen LogP contribution in [-0.2, 0) is 0 Å². The van der Waals surface area contributed by atoms with Gasteiger partial charge in [-0.2, -0.15) is 0 Å². The van der Waals surface area contributed by atoms with Gasteiger partial charge >= 0.3 is 0 Å². The molecular weight excluding hydrogens is 219 g/mol. The molecule has 14 heavy (non-hydrogen) atoms. The Morgan fingerprint density at radius 1 is 0.714 bits per heavy atom. The van der Waals surface area contributed by atoms with E-state index in [1.165, 1.54) is 0 Å². The fraction of sp³-hybridized carbons (Fsp3) is 0. The zero-order chi connectivity index (χ0) is 9.97. The molecule has 0 saturated carbocycles. The van der Waals surface area contributed by atoms with Gasteiger partial charge < -0.3 is 0 Å². The van der Waals surface area contributed by atoms with Crippen molar-refractivity contribution in [3.63, 3.8) is 0 Å². The minimum Gasteiger partial charge on any atom is -0.263 e. The average molecular weight is 225 g/mol. The normalized spacial score (nSPS) is 10.1. The van der Waals surface area contributed by atoms with Gasteiger partial charge in [0.1, 0.15) is 0 Å². The van der Waals surface area contributed by atoms with Crippen LogP contribution in [0.5, 0.6) is 0 Å². The largest absolute Gasteiger partial charge is 0.263 e. The Morgan fingerprint density at radius 3 is 1.50 bits per heavy atom. The third-order valence-electron chi connectivity index (χ3n) is 1.74. The highest BCUT2D eigenvalue weighted by atomic mass is 35.5. The van der Waals surface area contributed by atoms with Gasteiger partial charge in [0.05, 0.1) is 10.0 Å². The van der Waals surface area contributed by atoms with E-state index in [1.807, 2.05) is 12.1 Å². The van der Waals surface area contributed by atoms with Gasteiger partial charge in [0.15, 0.2) is 0 Å². The maximum Gasteiger partial charge on any atom is 0.0595 e. The van der Waals surface area contributed by atoms with Crippen molar-refractivity contribution < 1.29 is 0 Å². The Kier molecular flexibility index (Phi) is 2.66. The number of aromatic nitrogens is 2. The van der Waals surface area contributed by atoms with E-state index in [9.17, 15) is 0 Å². The maximum atomic E-state index is 5.82. The van der Waals surface area contributed by atoms with Gasteiger partial charge in [-0.1, -0.05) is 23.2 Å². The Bertz CT molecular complexity index is 414. The van der Waals surface area contributed by atoms with Crippen molar-refractivity contribution in [1.82, 2.24) is 9.97 Å². The topological polar surface area (TPSA) is 25.8 Å². The van der Waals surface area contributed by atoms with Crippen LogP contribution in [0, 0.1) is 0 Å². The monoisotopic (exact) mass is 224 g/mol. The van der Waals surface area contributed by atoms with Crippen LogP contribution in [0.4, 0.5) is 0 Å². The van der Waals surface area contributed by atoms with Crippen LogP contribution < -0.4 is 0 Å². The highest BCUT2D eigenvalue weighted by molar-refractivity contribution is 6.31. The summed E-state index contributed by atoms with van der Waals surface area (Å²) in [7, 11) is 0. The molecule has 4 heteroatoms. The summed E-state index contributed by atoms with van der Waals surface area (Å²) >= 11 is 11.6. The Labute approximate surface area is 91.5 Å². The van der Waals surface area contributed by atoms with Gasteiger partial charge in [0.2, 0.25) is 0 Å². The zero-order valence-corrected chi connectivity index (χ0v) is 8.63. The Balaban J connectivity index is 2.49. The molecule has 0 saturated heterocycles. The Hall–Kier alpha value is -1.12. The number of rotatable bonds is 1. The van der Waals surface area contributed by atoms with Gasteiger partial charge in [-0.05, 0) is 12.1 Å². The second-order valence-electron chi connectivity index (χ2n) is 2.78. The lowest BCUT2D eigenvalue weighted by molar-refractivity contribution is 1.30. The van der Waals surface area contributed by atoms with Crippen molar-refractivity contribution in [2.45, 2.75) is 0 Å². The van der Waals surface area contributed by atoms with Gasteiger partial charge in [-0.3, -0.25) is 9.97 Å². The average Bonchev–Trinajstić information content (AvgIpc) is 2.18. The third-order valence-corrected chi connectivity index (χ3v) is 2.16. The second-order valence-corrected chi connectivity index (χ2v) is 3.66. The number of halogens is 2. The molecular formula is C10H6Cl2N2. The van der Waals surface area contributed by atoms with E-state index in [4.69, 9.17) is 23.2 Å². The SMILES string of the molecule is Clc1cncc(-c2cncc(Cl)c2)c1. The van der Waals surface area contributed by atoms with Crippen molar-refractivity contribution >= 4 is 23.2 Å². The lowest BCUT2D eigenvalue weighted by Crippen LogP contribution is -1.81. The van der Waals surface area contributed by atoms with E-state index in [2.05, 4.69) is 9.97 Å². The summed E-state index contributed by atoms with van der Waals surface area (Å²) in [6, 6.07) is 3.64. The van der Waals surface area contributed by atoms with Crippen LogP contribution in [-0.4, -0.2) is 9.97 Å². The molecule has 0 unspecified atom stereocenters. The fourth-order valence-corrected chi connectivity index (χ4v) is 1.49. The summed E-state index contributed by atoms with van der Waals surface area (Å²) in [5, 5.41) is 1.20. The maximum absolute atomic E-state index is 5.82. The molecule has 0 aromatic carbocycles. The third kappa shape index (κ3) is 2.03. The van der Waals surface area contributed by atoms with Gasteiger partial charge in [0, 0.05) is 35.9 Å². The molecule has 2 heterocycles. The smallest absolute Gasteiger partial charge is 0.0595 e. The molecule has 2 rings (SSSR count). The second kappa shape index (κ2) is 3.95. The summed E-state index contributed by atoms with van der Waals surface area (Å²) in [4.78, 5) is 7.97. The summed E-state index contributed by atoms with van der Waals surface area (Å²) in [5.41, 5.74) is 1.82. The van der Waals surface area contributed by atoms with Crippen LogP contribution in [0.25, 0.3) is 11.1 Å². The molecule has 0 bridgehead atoms. The molecule has 0 atom stereocenters. The molecule has 2 aromatic heterocycles. The summed E-state index contributed by atoms with van der Waals surface area (Å²) in [5.74, 6) is 0. The van der Waals surface area contributed by atoms with Crippen molar-refractivity contribution in [2.75, 3.05) is 0 Å². The molecule has 0 spiro atoms. The van der Waals surface area contributed by atoms with Gasteiger partial charge in [-0.25, -0.2) is 0 Å². The molecule has 0 N–H and O–H groups in total. The standard InChI is InChI=1S/C10H6Cl2N2/c11-9-1-7(3-13-5-9)8-2-10(12)6-14-4-8/h1-6H. The minimum absolute atomic E-state index is 0.600. The van der Waals surface area contributed by atoms with Crippen LogP contribution in [0.1, 0.15) is 0 Å². The number of hydrogen-bond acceptors (Lipinski definition) is 2. The first-order chi connectivity index (χ1) is 6.75. The van der Waals surface area contributed by atoms with Crippen LogP contribution >= 0.6 is 23.2 Å². The van der Waals surface area contributed by atoms with Crippen LogP contribution in [0.15, 0.2) is 36.9 Å². The van der Waals surface area contributed by atoms with E-state index in [-0.39, 0.29) is 0 Å². The molecule has 0 radical (unpaired) electrons. The molecule has 2 aromatic rings. The molecule has 0 aliphatic heterocycles. The molecule has 0 aliphatic carbocycles. The first kappa shape index (κ1) is 9.44. The Morgan fingerprint density at radius 2 is 1.14 bits per heavy atom. The van der Waals surface area contributed by atoms with E-state index < -0.39 is 0 Å². The number of hydrogen-bond donors (Lipinski definition) is 0. The first-order valence-corrected chi connectivity index (χ1v) is 4.73. The summed E-state index contributed by atoms with van der Waals surface area (Å²) in [6.07, 6.45) is 6.62.